The Balaban J connectivity index is 1.71. The maximum atomic E-state index is 12.5. The van der Waals surface area contributed by atoms with Gasteiger partial charge in [0.25, 0.3) is 5.91 Å². The third-order valence-electron chi connectivity index (χ3n) is 4.92. The van der Waals surface area contributed by atoms with Crippen LogP contribution in [0.1, 0.15) is 52.3 Å². The molecule has 4 nitrogen and oxygen atoms in total. The van der Waals surface area contributed by atoms with Crippen molar-refractivity contribution in [2.45, 2.75) is 44.4 Å². The van der Waals surface area contributed by atoms with Crippen molar-refractivity contribution in [3.63, 3.8) is 0 Å². The van der Waals surface area contributed by atoms with Crippen molar-refractivity contribution in [1.29, 1.82) is 0 Å². The van der Waals surface area contributed by atoms with Crippen molar-refractivity contribution < 1.29 is 4.79 Å². The van der Waals surface area contributed by atoms with Gasteiger partial charge >= 0.3 is 0 Å². The second kappa shape index (κ2) is 7.45. The van der Waals surface area contributed by atoms with Gasteiger partial charge in [-0.25, -0.2) is 4.98 Å². The summed E-state index contributed by atoms with van der Waals surface area (Å²) >= 11 is 1.51. The van der Waals surface area contributed by atoms with Gasteiger partial charge in [-0.15, -0.1) is 11.3 Å². The van der Waals surface area contributed by atoms with E-state index in [-0.39, 0.29) is 11.3 Å². The van der Waals surface area contributed by atoms with E-state index in [2.05, 4.69) is 41.5 Å². The number of thiazole rings is 1. The minimum absolute atomic E-state index is 0.0673. The molecule has 24 heavy (non-hydrogen) atoms. The zero-order valence-electron chi connectivity index (χ0n) is 14.2. The first-order valence-corrected chi connectivity index (χ1v) is 9.51. The number of aryl methyl sites for hydroxylation is 1. The molecule has 1 aliphatic rings. The van der Waals surface area contributed by atoms with Crippen LogP contribution in [0.15, 0.2) is 29.6 Å². The van der Waals surface area contributed by atoms with Crippen molar-refractivity contribution in [2.24, 2.45) is 5.73 Å². The van der Waals surface area contributed by atoms with Gasteiger partial charge in [-0.05, 0) is 31.9 Å². The van der Waals surface area contributed by atoms with Gasteiger partial charge in [-0.3, -0.25) is 4.79 Å². The van der Waals surface area contributed by atoms with E-state index >= 15 is 0 Å². The normalized spacial score (nSPS) is 16.2. The van der Waals surface area contributed by atoms with Crippen LogP contribution in [0.3, 0.4) is 0 Å². The average molecular weight is 343 g/mol. The Morgan fingerprint density at radius 1 is 1.38 bits per heavy atom. The lowest BCUT2D eigenvalue weighted by atomic mass is 9.78. The maximum absolute atomic E-state index is 12.5. The minimum atomic E-state index is -0.0755. The smallest absolute Gasteiger partial charge is 0.270 e. The molecule has 128 valence electrons. The topological polar surface area (TPSA) is 68.0 Å². The Labute approximate surface area is 147 Å². The van der Waals surface area contributed by atoms with Crippen LogP contribution in [0.2, 0.25) is 0 Å². The first-order chi connectivity index (χ1) is 11.6. The van der Waals surface area contributed by atoms with Crippen LogP contribution in [0.4, 0.5) is 0 Å². The first-order valence-electron chi connectivity index (χ1n) is 8.63. The van der Waals surface area contributed by atoms with Crippen molar-refractivity contribution in [1.82, 2.24) is 10.3 Å². The van der Waals surface area contributed by atoms with E-state index in [1.807, 2.05) is 5.38 Å². The molecular weight excluding hydrogens is 318 g/mol. The molecule has 0 aliphatic heterocycles. The molecule has 0 unspecified atom stereocenters. The Hall–Kier alpha value is -1.72. The van der Waals surface area contributed by atoms with Gasteiger partial charge in [-0.1, -0.05) is 42.7 Å². The Bertz CT molecular complexity index is 704. The number of hydrogen-bond donors (Lipinski definition) is 2. The first kappa shape index (κ1) is 17.1. The molecule has 0 radical (unpaired) electrons. The number of amides is 1. The summed E-state index contributed by atoms with van der Waals surface area (Å²) in [6, 6.07) is 8.71. The highest BCUT2D eigenvalue weighted by Gasteiger charge is 2.36. The number of nitrogens with zero attached hydrogens (tertiary/aromatic N) is 1. The summed E-state index contributed by atoms with van der Waals surface area (Å²) in [6.45, 7) is 3.36. The Morgan fingerprint density at radius 3 is 2.88 bits per heavy atom. The molecule has 1 aromatic heterocycles. The molecule has 0 spiro atoms. The van der Waals surface area contributed by atoms with E-state index in [0.717, 1.165) is 24.3 Å². The van der Waals surface area contributed by atoms with E-state index in [1.165, 1.54) is 35.3 Å². The number of rotatable bonds is 6. The largest absolute Gasteiger partial charge is 0.350 e. The molecule has 0 saturated heterocycles. The van der Waals surface area contributed by atoms with Crippen LogP contribution < -0.4 is 11.1 Å². The summed E-state index contributed by atoms with van der Waals surface area (Å²) in [5.74, 6) is -0.0755. The summed E-state index contributed by atoms with van der Waals surface area (Å²) < 4.78 is 0. The molecule has 1 fully saturated rings. The summed E-state index contributed by atoms with van der Waals surface area (Å²) in [5.41, 5.74) is 8.75. The van der Waals surface area contributed by atoms with Gasteiger partial charge in [-0.2, -0.15) is 0 Å². The van der Waals surface area contributed by atoms with Gasteiger partial charge in [0.05, 0.1) is 5.01 Å². The van der Waals surface area contributed by atoms with Crippen LogP contribution >= 0.6 is 11.3 Å². The second-order valence-corrected chi connectivity index (χ2v) is 7.65. The maximum Gasteiger partial charge on any atom is 0.270 e. The molecule has 1 aliphatic carbocycles. The Kier molecular flexibility index (Phi) is 5.31. The molecule has 0 atom stereocenters. The molecule has 1 aromatic carbocycles. The lowest BCUT2D eigenvalue weighted by molar-refractivity contribution is 0.0938. The average Bonchev–Trinajstić information content (AvgIpc) is 3.23. The molecule has 1 amide bonds. The molecular formula is C19H25N3OS. The minimum Gasteiger partial charge on any atom is -0.350 e. The zero-order chi connectivity index (χ0) is 17.0. The number of aromatic nitrogens is 1. The molecule has 3 N–H and O–H groups in total. The molecule has 0 bridgehead atoms. The third-order valence-corrected chi connectivity index (χ3v) is 5.83. The quantitative estimate of drug-likeness (QED) is 0.846. The van der Waals surface area contributed by atoms with Crippen molar-refractivity contribution in [3.8, 4) is 0 Å². The van der Waals surface area contributed by atoms with E-state index < -0.39 is 0 Å². The Morgan fingerprint density at radius 2 is 2.17 bits per heavy atom. The van der Waals surface area contributed by atoms with Gasteiger partial charge in [0.2, 0.25) is 0 Å². The fourth-order valence-corrected chi connectivity index (χ4v) is 4.38. The molecule has 5 heteroatoms. The van der Waals surface area contributed by atoms with Gasteiger partial charge in [0.15, 0.2) is 0 Å². The van der Waals surface area contributed by atoms with Crippen LogP contribution in [0.25, 0.3) is 0 Å². The van der Waals surface area contributed by atoms with Crippen LogP contribution in [0.5, 0.6) is 0 Å². The van der Waals surface area contributed by atoms with Gasteiger partial charge < -0.3 is 11.1 Å². The molecule has 3 rings (SSSR count). The van der Waals surface area contributed by atoms with Crippen LogP contribution in [0, 0.1) is 6.92 Å². The van der Waals surface area contributed by atoms with E-state index in [4.69, 9.17) is 5.73 Å². The number of nitrogens with two attached hydrogens (primary N) is 1. The molecule has 1 heterocycles. The number of nitrogens with one attached hydrogen (secondary N) is 1. The number of carbonyl (C=O) groups excluding carboxylic acids is 1. The van der Waals surface area contributed by atoms with Crippen molar-refractivity contribution >= 4 is 17.2 Å². The number of carbonyl (C=O) groups is 1. The fraction of sp³-hybridized carbons (Fsp3) is 0.474. The monoisotopic (exact) mass is 343 g/mol. The second-order valence-electron chi connectivity index (χ2n) is 6.70. The van der Waals surface area contributed by atoms with Crippen molar-refractivity contribution in [2.75, 3.05) is 13.1 Å². The lowest BCUT2D eigenvalue weighted by Crippen LogP contribution is -2.39. The van der Waals surface area contributed by atoms with Gasteiger partial charge in [0.1, 0.15) is 5.69 Å². The summed E-state index contributed by atoms with van der Waals surface area (Å²) in [6.07, 6.45) is 5.44. The third kappa shape index (κ3) is 3.68. The summed E-state index contributed by atoms with van der Waals surface area (Å²) in [4.78, 5) is 16.8. The van der Waals surface area contributed by atoms with Crippen LogP contribution in [-0.4, -0.2) is 24.0 Å². The van der Waals surface area contributed by atoms with Crippen LogP contribution in [-0.2, 0) is 11.8 Å². The highest BCUT2D eigenvalue weighted by molar-refractivity contribution is 7.09. The summed E-state index contributed by atoms with van der Waals surface area (Å²) in [7, 11) is 0. The summed E-state index contributed by atoms with van der Waals surface area (Å²) in [5, 5.41) is 5.88. The van der Waals surface area contributed by atoms with E-state index in [1.54, 1.807) is 0 Å². The van der Waals surface area contributed by atoms with E-state index in [0.29, 0.717) is 18.8 Å². The highest BCUT2D eigenvalue weighted by atomic mass is 32.1. The predicted molar refractivity (Wildman–Crippen MR) is 98.5 cm³/mol. The lowest BCUT2D eigenvalue weighted by Gasteiger charge is -2.30. The predicted octanol–water partition coefficient (Wildman–Crippen LogP) is 3.19. The van der Waals surface area contributed by atoms with E-state index in [9.17, 15) is 4.79 Å². The SMILES string of the molecule is Cc1cccc(C2(CNC(=O)c3csc(CCN)n3)CCCC2)c1. The molecule has 1 saturated carbocycles. The zero-order valence-corrected chi connectivity index (χ0v) is 15.0. The molecule has 2 aromatic rings. The standard InChI is InChI=1S/C19H25N3OS/c1-14-5-4-6-15(11-14)19(8-2-3-9-19)13-21-18(23)16-12-24-17(22-16)7-10-20/h4-6,11-12H,2-3,7-10,13,20H2,1H3,(H,21,23). The van der Waals surface area contributed by atoms with Crippen molar-refractivity contribution in [3.05, 3.63) is 51.5 Å². The number of benzene rings is 1. The fourth-order valence-electron chi connectivity index (χ4n) is 3.59. The van der Waals surface area contributed by atoms with Gasteiger partial charge in [0, 0.05) is 23.8 Å². The highest BCUT2D eigenvalue weighted by Crippen LogP contribution is 2.40. The number of hydrogen-bond acceptors (Lipinski definition) is 4.